The second kappa shape index (κ2) is 8.44. The summed E-state index contributed by atoms with van der Waals surface area (Å²) in [5.41, 5.74) is 6.54. The second-order valence-electron chi connectivity index (χ2n) is 7.61. The lowest BCUT2D eigenvalue weighted by Crippen LogP contribution is -2.06. The van der Waals surface area contributed by atoms with Gasteiger partial charge in [-0.2, -0.15) is 5.10 Å². The van der Waals surface area contributed by atoms with Crippen LogP contribution < -0.4 is 0 Å². The van der Waals surface area contributed by atoms with E-state index in [1.165, 1.54) is 10.9 Å². The fourth-order valence-corrected chi connectivity index (χ4v) is 3.87. The minimum absolute atomic E-state index is 0.374. The molecule has 0 spiro atoms. The predicted molar refractivity (Wildman–Crippen MR) is 122 cm³/mol. The third-order valence-electron chi connectivity index (χ3n) is 5.37. The molecule has 1 heterocycles. The summed E-state index contributed by atoms with van der Waals surface area (Å²) in [6.07, 6.45) is 4.24. The maximum atomic E-state index is 5.11. The molecule has 29 heavy (non-hydrogen) atoms. The molecule has 1 unspecified atom stereocenters. The first-order valence-electron chi connectivity index (χ1n) is 10.3. The van der Waals surface area contributed by atoms with E-state index in [0.29, 0.717) is 6.04 Å². The molecular formula is C26H27N3. The summed E-state index contributed by atoms with van der Waals surface area (Å²) in [5.74, 6) is 0. The van der Waals surface area contributed by atoms with Gasteiger partial charge in [-0.05, 0) is 38.0 Å². The van der Waals surface area contributed by atoms with E-state index in [0.717, 1.165) is 40.9 Å². The smallest absolute Gasteiger partial charge is 0.0781 e. The van der Waals surface area contributed by atoms with Crippen LogP contribution in [0, 0.1) is 6.92 Å². The summed E-state index contributed by atoms with van der Waals surface area (Å²) in [7, 11) is 0. The fraction of sp³-hybridized carbons (Fsp3) is 0.231. The van der Waals surface area contributed by atoms with Crippen molar-refractivity contribution < 1.29 is 0 Å². The molecule has 0 aliphatic rings. The van der Waals surface area contributed by atoms with E-state index in [-0.39, 0.29) is 0 Å². The Hall–Kier alpha value is -3.20. The summed E-state index contributed by atoms with van der Waals surface area (Å²) in [5, 5.41) is 5.88. The van der Waals surface area contributed by atoms with Gasteiger partial charge < -0.3 is 0 Å². The maximum Gasteiger partial charge on any atom is 0.0781 e. The molecule has 3 aromatic carbocycles. The molecule has 0 saturated heterocycles. The molecule has 4 rings (SSSR count). The molecule has 0 radical (unpaired) electrons. The van der Waals surface area contributed by atoms with Gasteiger partial charge in [-0.3, -0.25) is 4.68 Å². The Morgan fingerprint density at radius 3 is 2.17 bits per heavy atom. The van der Waals surface area contributed by atoms with Crippen LogP contribution in [0.2, 0.25) is 0 Å². The molecular weight excluding hydrogens is 354 g/mol. The fourth-order valence-electron chi connectivity index (χ4n) is 3.87. The Bertz CT molecular complexity index is 1080. The van der Waals surface area contributed by atoms with Crippen LogP contribution >= 0.6 is 0 Å². The van der Waals surface area contributed by atoms with Gasteiger partial charge in [0, 0.05) is 22.6 Å². The number of aryl methyl sites for hydroxylation is 1. The molecule has 4 aromatic rings. The summed E-state index contributed by atoms with van der Waals surface area (Å²) >= 11 is 0. The molecule has 0 amide bonds. The Kier molecular flexibility index (Phi) is 5.57. The largest absolute Gasteiger partial charge is 0.262 e. The molecule has 1 atom stereocenters. The second-order valence-corrected chi connectivity index (χ2v) is 7.61. The molecule has 0 N–H and O–H groups in total. The highest BCUT2D eigenvalue weighted by atomic mass is 15.3. The number of fused-ring (bicyclic) bond motifs is 1. The number of nitrogens with zero attached hydrogens (tertiary/aromatic N) is 3. The minimum Gasteiger partial charge on any atom is -0.262 e. The molecule has 3 nitrogen and oxygen atoms in total. The van der Waals surface area contributed by atoms with Crippen LogP contribution in [0.5, 0.6) is 0 Å². The Labute approximate surface area is 172 Å². The predicted octanol–water partition coefficient (Wildman–Crippen LogP) is 6.87. The maximum absolute atomic E-state index is 5.11. The molecule has 0 bridgehead atoms. The molecule has 146 valence electrons. The number of rotatable bonds is 6. The van der Waals surface area contributed by atoms with Crippen molar-refractivity contribution in [2.75, 3.05) is 0 Å². The molecule has 0 saturated carbocycles. The summed E-state index contributed by atoms with van der Waals surface area (Å²) < 4.78 is 2.15. The highest BCUT2D eigenvalue weighted by Crippen LogP contribution is 2.29. The summed E-state index contributed by atoms with van der Waals surface area (Å²) in [6.45, 7) is 6.60. The van der Waals surface area contributed by atoms with Gasteiger partial charge in [0.1, 0.15) is 0 Å². The topological polar surface area (TPSA) is 30.2 Å². The third kappa shape index (κ3) is 4.00. The summed E-state index contributed by atoms with van der Waals surface area (Å²) in [4.78, 5) is 5.11. The number of benzene rings is 3. The van der Waals surface area contributed by atoms with Crippen molar-refractivity contribution in [2.24, 2.45) is 4.99 Å². The number of hydrogen-bond acceptors (Lipinski definition) is 2. The zero-order chi connectivity index (χ0) is 20.2. The highest BCUT2D eigenvalue weighted by molar-refractivity contribution is 6.14. The van der Waals surface area contributed by atoms with E-state index in [1.54, 1.807) is 0 Å². The number of aliphatic imine (C=N–C) groups is 1. The van der Waals surface area contributed by atoms with Crippen LogP contribution in [0.1, 0.15) is 49.4 Å². The van der Waals surface area contributed by atoms with Crippen LogP contribution in [0.25, 0.3) is 10.9 Å². The number of hydrogen-bond donors (Lipinski definition) is 0. The van der Waals surface area contributed by atoms with Crippen molar-refractivity contribution >= 4 is 22.3 Å². The lowest BCUT2D eigenvalue weighted by molar-refractivity contribution is 0.468. The van der Waals surface area contributed by atoms with E-state index >= 15 is 0 Å². The quantitative estimate of drug-likeness (QED) is 0.335. The van der Waals surface area contributed by atoms with Gasteiger partial charge in [0.05, 0.1) is 23.1 Å². The van der Waals surface area contributed by atoms with Crippen LogP contribution in [0.4, 0.5) is 5.69 Å². The molecule has 3 heteroatoms. The zero-order valence-electron chi connectivity index (χ0n) is 17.3. The summed E-state index contributed by atoms with van der Waals surface area (Å²) in [6, 6.07) is 25.5. The molecule has 0 aliphatic carbocycles. The number of aromatic nitrogens is 2. The van der Waals surface area contributed by atoms with Crippen molar-refractivity contribution in [1.82, 2.24) is 9.78 Å². The standard InChI is InChI=1S/C26H27N3/c1-4-11-20(3)29-25-17-23(16-19(2)24(25)18-27-29)28-26(21-12-7-5-8-13-21)22-14-9-6-10-15-22/h5-10,12-18,20H,4,11H2,1-3H3. The molecule has 1 aromatic heterocycles. The average Bonchev–Trinajstić information content (AvgIpc) is 3.18. The van der Waals surface area contributed by atoms with E-state index < -0.39 is 0 Å². The van der Waals surface area contributed by atoms with Crippen molar-refractivity contribution in [3.05, 3.63) is 95.7 Å². The van der Waals surface area contributed by atoms with Gasteiger partial charge in [0.15, 0.2) is 0 Å². The first-order chi connectivity index (χ1) is 14.2. The van der Waals surface area contributed by atoms with Gasteiger partial charge in [0.2, 0.25) is 0 Å². The monoisotopic (exact) mass is 381 g/mol. The molecule has 0 aliphatic heterocycles. The Morgan fingerprint density at radius 1 is 0.966 bits per heavy atom. The van der Waals surface area contributed by atoms with Crippen molar-refractivity contribution in [3.63, 3.8) is 0 Å². The van der Waals surface area contributed by atoms with Crippen LogP contribution in [0.15, 0.2) is 84.0 Å². The van der Waals surface area contributed by atoms with Gasteiger partial charge in [0.25, 0.3) is 0 Å². The van der Waals surface area contributed by atoms with E-state index in [4.69, 9.17) is 4.99 Å². The van der Waals surface area contributed by atoms with Gasteiger partial charge in [-0.1, -0.05) is 74.0 Å². The third-order valence-corrected chi connectivity index (χ3v) is 5.37. The van der Waals surface area contributed by atoms with E-state index in [1.807, 2.05) is 18.3 Å². The SMILES string of the molecule is CCCC(C)n1ncc2c(C)cc(N=C(c3ccccc3)c3ccccc3)cc21. The first kappa shape index (κ1) is 19.1. The first-order valence-corrected chi connectivity index (χ1v) is 10.3. The normalized spacial score (nSPS) is 12.1. The average molecular weight is 382 g/mol. The minimum atomic E-state index is 0.374. The lowest BCUT2D eigenvalue weighted by Gasteiger charge is -2.13. The van der Waals surface area contributed by atoms with Crippen molar-refractivity contribution in [1.29, 1.82) is 0 Å². The van der Waals surface area contributed by atoms with Gasteiger partial charge in [-0.15, -0.1) is 0 Å². The zero-order valence-corrected chi connectivity index (χ0v) is 17.3. The van der Waals surface area contributed by atoms with Crippen molar-refractivity contribution in [3.8, 4) is 0 Å². The van der Waals surface area contributed by atoms with E-state index in [2.05, 4.69) is 91.2 Å². The van der Waals surface area contributed by atoms with Crippen LogP contribution in [-0.2, 0) is 0 Å². The Morgan fingerprint density at radius 2 is 1.59 bits per heavy atom. The molecule has 0 fully saturated rings. The van der Waals surface area contributed by atoms with Gasteiger partial charge in [-0.25, -0.2) is 4.99 Å². The Balaban J connectivity index is 1.87. The van der Waals surface area contributed by atoms with Crippen LogP contribution in [0.3, 0.4) is 0 Å². The van der Waals surface area contributed by atoms with Crippen molar-refractivity contribution in [2.45, 2.75) is 39.7 Å². The van der Waals surface area contributed by atoms with E-state index in [9.17, 15) is 0 Å². The lowest BCUT2D eigenvalue weighted by atomic mass is 10.0. The van der Waals surface area contributed by atoms with Gasteiger partial charge >= 0.3 is 0 Å². The van der Waals surface area contributed by atoms with Crippen LogP contribution in [-0.4, -0.2) is 15.5 Å². The highest BCUT2D eigenvalue weighted by Gasteiger charge is 2.13.